The van der Waals surface area contributed by atoms with Gasteiger partial charge in [-0.05, 0) is 17.2 Å². The Morgan fingerprint density at radius 2 is 2.00 bits per heavy atom. The summed E-state index contributed by atoms with van der Waals surface area (Å²) in [6.45, 7) is 5.01. The van der Waals surface area contributed by atoms with E-state index in [9.17, 15) is 4.79 Å². The zero-order valence-electron chi connectivity index (χ0n) is 9.88. The molecule has 0 radical (unpaired) electrons. The number of ether oxygens (including phenoxy) is 1. The van der Waals surface area contributed by atoms with Crippen LogP contribution in [0.2, 0.25) is 12.6 Å². The topological polar surface area (TPSA) is 26.3 Å². The number of rotatable bonds is 7. The summed E-state index contributed by atoms with van der Waals surface area (Å²) in [7, 11) is 1.43. The molecular weight excluding hydrogens is 255 g/mol. The van der Waals surface area contributed by atoms with Gasteiger partial charge >= 0.3 is 5.97 Å². The Bertz CT molecular complexity index is 213. The van der Waals surface area contributed by atoms with E-state index in [1.165, 1.54) is 11.5 Å². The van der Waals surface area contributed by atoms with Gasteiger partial charge in [0.1, 0.15) is 0 Å². The van der Waals surface area contributed by atoms with Crippen molar-refractivity contribution in [1.82, 2.24) is 0 Å². The molecule has 2 nitrogen and oxygen atoms in total. The fourth-order valence-electron chi connectivity index (χ4n) is 1.43. The first-order valence-corrected chi connectivity index (χ1v) is 6.37. The lowest BCUT2D eigenvalue weighted by atomic mass is 9.45. The van der Waals surface area contributed by atoms with Gasteiger partial charge in [-0.25, -0.2) is 0 Å². The lowest BCUT2D eigenvalue weighted by molar-refractivity contribution is -0.140. The smallest absolute Gasteiger partial charge is 0.305 e. The van der Waals surface area contributed by atoms with E-state index in [1.54, 1.807) is 0 Å². The van der Waals surface area contributed by atoms with Crippen LogP contribution in [0.5, 0.6) is 0 Å². The van der Waals surface area contributed by atoms with Crippen LogP contribution in [0.15, 0.2) is 10.5 Å². The van der Waals surface area contributed by atoms with E-state index < -0.39 is 0 Å². The van der Waals surface area contributed by atoms with Gasteiger partial charge in [-0.1, -0.05) is 48.5 Å². The summed E-state index contributed by atoms with van der Waals surface area (Å²) in [5.41, 5.74) is 0. The number of hydrogen-bond acceptors (Lipinski definition) is 2. The molecule has 0 saturated heterocycles. The van der Waals surface area contributed by atoms with Gasteiger partial charge in [-0.3, -0.25) is 4.79 Å². The molecule has 86 valence electrons. The quantitative estimate of drug-likeness (QED) is 0.402. The largest absolute Gasteiger partial charge is 0.469 e. The molecule has 0 aliphatic carbocycles. The van der Waals surface area contributed by atoms with Crippen molar-refractivity contribution in [1.29, 1.82) is 0 Å². The summed E-state index contributed by atoms with van der Waals surface area (Å²) in [6.07, 6.45) is 6.81. The third-order valence-electron chi connectivity index (χ3n) is 2.53. The molecule has 0 N–H and O–H groups in total. The van der Waals surface area contributed by atoms with Gasteiger partial charge in [-0.15, -0.1) is 0 Å². The zero-order chi connectivity index (χ0) is 11.7. The SMILES string of the molecule is CCB(CC)/C(Br)=C/CCCC(=O)OC. The molecule has 0 saturated carbocycles. The second-order valence-electron chi connectivity index (χ2n) is 3.57. The van der Waals surface area contributed by atoms with Crippen molar-refractivity contribution in [2.24, 2.45) is 0 Å². The highest BCUT2D eigenvalue weighted by Gasteiger charge is 2.11. The van der Waals surface area contributed by atoms with Crippen molar-refractivity contribution in [2.45, 2.75) is 45.8 Å². The molecule has 0 aliphatic rings. The van der Waals surface area contributed by atoms with Crippen molar-refractivity contribution in [3.05, 3.63) is 10.5 Å². The van der Waals surface area contributed by atoms with Crippen LogP contribution >= 0.6 is 15.9 Å². The maximum Gasteiger partial charge on any atom is 0.305 e. The number of hydrogen-bond donors (Lipinski definition) is 0. The van der Waals surface area contributed by atoms with Crippen LogP contribution in [0, 0.1) is 0 Å². The molecule has 0 bridgehead atoms. The van der Waals surface area contributed by atoms with E-state index in [-0.39, 0.29) is 5.97 Å². The van der Waals surface area contributed by atoms with Crippen molar-refractivity contribution in [3.8, 4) is 0 Å². The molecule has 0 aromatic rings. The molecule has 0 amide bonds. The summed E-state index contributed by atoms with van der Waals surface area (Å²) in [6, 6.07) is 0. The van der Waals surface area contributed by atoms with Crippen molar-refractivity contribution < 1.29 is 9.53 Å². The minimum Gasteiger partial charge on any atom is -0.469 e. The molecule has 0 atom stereocenters. The van der Waals surface area contributed by atoms with Gasteiger partial charge in [0.25, 0.3) is 0 Å². The second kappa shape index (κ2) is 9.02. The van der Waals surface area contributed by atoms with Crippen molar-refractivity contribution in [2.75, 3.05) is 7.11 Å². The number of esters is 1. The van der Waals surface area contributed by atoms with Gasteiger partial charge in [0.05, 0.1) is 7.11 Å². The number of halogens is 1. The van der Waals surface area contributed by atoms with E-state index in [1.807, 2.05) is 0 Å². The van der Waals surface area contributed by atoms with Crippen molar-refractivity contribution >= 4 is 28.6 Å². The van der Waals surface area contributed by atoms with Crippen LogP contribution < -0.4 is 0 Å². The van der Waals surface area contributed by atoms with E-state index >= 15 is 0 Å². The van der Waals surface area contributed by atoms with Gasteiger partial charge in [-0.2, -0.15) is 0 Å². The fourth-order valence-corrected chi connectivity index (χ4v) is 2.31. The van der Waals surface area contributed by atoms with Crippen LogP contribution in [0.4, 0.5) is 0 Å². The highest BCUT2D eigenvalue weighted by atomic mass is 79.9. The number of unbranched alkanes of at least 4 members (excludes halogenated alkanes) is 1. The van der Waals surface area contributed by atoms with E-state index in [2.05, 4.69) is 40.6 Å². The second-order valence-corrected chi connectivity index (χ2v) is 4.49. The summed E-state index contributed by atoms with van der Waals surface area (Å²) in [5, 5.41) is 0. The summed E-state index contributed by atoms with van der Waals surface area (Å²) in [4.78, 5) is 10.8. The van der Waals surface area contributed by atoms with E-state index in [0.29, 0.717) is 13.1 Å². The summed E-state index contributed by atoms with van der Waals surface area (Å²) in [5.74, 6) is -0.123. The normalized spacial score (nSPS) is 11.3. The standard InChI is InChI=1S/C11H20BBrO2/c1-4-12(5-2)10(13)8-6-7-9-11(14)15-3/h8H,4-7,9H2,1-3H3/b10-8-. The van der Waals surface area contributed by atoms with Crippen LogP contribution in [-0.4, -0.2) is 19.8 Å². The molecule has 0 rings (SSSR count). The molecule has 0 aliphatic heterocycles. The van der Waals surface area contributed by atoms with Gasteiger partial charge in [0.2, 0.25) is 0 Å². The number of methoxy groups -OCH3 is 1. The first kappa shape index (κ1) is 14.8. The predicted octanol–water partition coefficient (Wildman–Crippen LogP) is 3.68. The average molecular weight is 275 g/mol. The maximum absolute atomic E-state index is 10.8. The van der Waals surface area contributed by atoms with Crippen molar-refractivity contribution in [3.63, 3.8) is 0 Å². The number of allylic oxidation sites excluding steroid dienone is 1. The van der Waals surface area contributed by atoms with Crippen LogP contribution in [0.1, 0.15) is 33.1 Å². The Hall–Kier alpha value is -0.245. The highest BCUT2D eigenvalue weighted by molar-refractivity contribution is 9.12. The van der Waals surface area contributed by atoms with Gasteiger partial charge in [0, 0.05) is 6.42 Å². The lowest BCUT2D eigenvalue weighted by Crippen LogP contribution is -2.09. The molecule has 0 aromatic carbocycles. The molecular formula is C11H20BBrO2. The predicted molar refractivity (Wildman–Crippen MR) is 69.6 cm³/mol. The molecule has 4 heteroatoms. The molecule has 0 aromatic heterocycles. The molecule has 0 fully saturated rings. The third kappa shape index (κ3) is 6.77. The Kier molecular flexibility index (Phi) is 8.87. The Balaban J connectivity index is 3.80. The van der Waals surface area contributed by atoms with Gasteiger partial charge in [0.15, 0.2) is 6.71 Å². The average Bonchev–Trinajstić information content (AvgIpc) is 2.25. The highest BCUT2D eigenvalue weighted by Crippen LogP contribution is 2.18. The Morgan fingerprint density at radius 1 is 1.40 bits per heavy atom. The Morgan fingerprint density at radius 3 is 2.47 bits per heavy atom. The minimum atomic E-state index is -0.123. The zero-order valence-corrected chi connectivity index (χ0v) is 11.5. The molecule has 0 heterocycles. The monoisotopic (exact) mass is 274 g/mol. The first-order chi connectivity index (χ1) is 7.15. The van der Waals surface area contributed by atoms with E-state index in [4.69, 9.17) is 0 Å². The first-order valence-electron chi connectivity index (χ1n) is 5.58. The molecule has 15 heavy (non-hydrogen) atoms. The van der Waals surface area contributed by atoms with E-state index in [0.717, 1.165) is 25.5 Å². The maximum atomic E-state index is 10.8. The summed E-state index contributed by atoms with van der Waals surface area (Å²) < 4.78 is 5.85. The number of carbonyl (C=O) groups excluding carboxylic acids is 1. The summed E-state index contributed by atoms with van der Waals surface area (Å²) >= 11 is 3.59. The van der Waals surface area contributed by atoms with Crippen LogP contribution in [-0.2, 0) is 9.53 Å². The Labute approximate surface area is 102 Å². The molecule has 0 unspecified atom stereocenters. The van der Waals surface area contributed by atoms with Crippen LogP contribution in [0.3, 0.4) is 0 Å². The minimum absolute atomic E-state index is 0.123. The lowest BCUT2D eigenvalue weighted by Gasteiger charge is -2.07. The van der Waals surface area contributed by atoms with Gasteiger partial charge < -0.3 is 4.74 Å². The third-order valence-corrected chi connectivity index (χ3v) is 3.50. The molecule has 0 spiro atoms. The number of carbonyl (C=O) groups is 1. The van der Waals surface area contributed by atoms with Crippen LogP contribution in [0.25, 0.3) is 0 Å². The fraction of sp³-hybridized carbons (Fsp3) is 0.727.